The van der Waals surface area contributed by atoms with Crippen LogP contribution in [0.25, 0.3) is 11.2 Å². The van der Waals surface area contributed by atoms with E-state index in [-0.39, 0.29) is 12.4 Å². The van der Waals surface area contributed by atoms with Gasteiger partial charge < -0.3 is 25.0 Å². The van der Waals surface area contributed by atoms with E-state index in [0.29, 0.717) is 11.2 Å². The van der Waals surface area contributed by atoms with E-state index in [9.17, 15) is 10.2 Å². The standard InChI is InChI=1S/C10H12N4O4/c15-2-5-6(16)7(17)8(18-5)10-11-1-4-9(14-10)13-3-12-4/h1,3,5-8,15-17H,2H2,(H,11,12,13,14)/t5?,6-,7-,8-/m1/s1. The third-order valence-electron chi connectivity index (χ3n) is 2.99. The lowest BCUT2D eigenvalue weighted by Crippen LogP contribution is -2.32. The molecule has 1 fully saturated rings. The SMILES string of the molecule is OCC1O[C@@H](c2ncc3[nH]cnc3n2)[C@H](O)[C@@H]1O. The number of fused-ring (bicyclic) bond motifs is 1. The van der Waals surface area contributed by atoms with E-state index in [2.05, 4.69) is 19.9 Å². The molecule has 3 heterocycles. The summed E-state index contributed by atoms with van der Waals surface area (Å²) < 4.78 is 5.33. The van der Waals surface area contributed by atoms with E-state index < -0.39 is 24.4 Å². The van der Waals surface area contributed by atoms with Crippen LogP contribution < -0.4 is 0 Å². The number of aliphatic hydroxyl groups excluding tert-OH is 3. The Bertz CT molecular complexity index is 560. The van der Waals surface area contributed by atoms with Crippen molar-refractivity contribution in [3.05, 3.63) is 18.3 Å². The maximum absolute atomic E-state index is 9.84. The minimum atomic E-state index is -1.17. The normalized spacial score (nSPS) is 32.2. The van der Waals surface area contributed by atoms with Gasteiger partial charge in [0.25, 0.3) is 0 Å². The smallest absolute Gasteiger partial charge is 0.180 e. The first-order valence-corrected chi connectivity index (χ1v) is 5.49. The van der Waals surface area contributed by atoms with Gasteiger partial charge in [-0.15, -0.1) is 0 Å². The summed E-state index contributed by atoms with van der Waals surface area (Å²) >= 11 is 0. The molecule has 0 amide bonds. The first kappa shape index (κ1) is 11.5. The molecule has 18 heavy (non-hydrogen) atoms. The fourth-order valence-electron chi connectivity index (χ4n) is 2.00. The van der Waals surface area contributed by atoms with Crippen LogP contribution in [0.5, 0.6) is 0 Å². The second kappa shape index (κ2) is 4.25. The Morgan fingerprint density at radius 3 is 2.83 bits per heavy atom. The van der Waals surface area contributed by atoms with Gasteiger partial charge in [-0.3, -0.25) is 0 Å². The van der Waals surface area contributed by atoms with Gasteiger partial charge in [0.05, 0.1) is 19.1 Å². The Labute approximate surface area is 101 Å². The molecule has 1 aliphatic rings. The lowest BCUT2D eigenvalue weighted by molar-refractivity contribution is -0.0252. The summed E-state index contributed by atoms with van der Waals surface area (Å²) in [6, 6.07) is 0. The van der Waals surface area contributed by atoms with Crippen LogP contribution in [0.4, 0.5) is 0 Å². The Morgan fingerprint density at radius 2 is 2.11 bits per heavy atom. The summed E-state index contributed by atoms with van der Waals surface area (Å²) in [5.41, 5.74) is 1.13. The predicted octanol–water partition coefficient (Wildman–Crippen LogP) is -1.49. The summed E-state index contributed by atoms with van der Waals surface area (Å²) in [6.45, 7) is -0.376. The van der Waals surface area contributed by atoms with Crippen molar-refractivity contribution < 1.29 is 20.1 Å². The number of rotatable bonds is 2. The largest absolute Gasteiger partial charge is 0.394 e. The Morgan fingerprint density at radius 1 is 1.28 bits per heavy atom. The molecule has 2 aromatic rings. The zero-order valence-corrected chi connectivity index (χ0v) is 9.26. The molecule has 0 spiro atoms. The summed E-state index contributed by atoms with van der Waals surface area (Å²) in [5.74, 6) is 0.233. The number of nitrogens with one attached hydrogen (secondary N) is 1. The maximum atomic E-state index is 9.84. The van der Waals surface area contributed by atoms with Crippen LogP contribution in [0.15, 0.2) is 12.5 Å². The van der Waals surface area contributed by atoms with Gasteiger partial charge in [0.2, 0.25) is 0 Å². The number of aliphatic hydroxyl groups is 3. The Hall–Kier alpha value is -1.61. The first-order valence-electron chi connectivity index (χ1n) is 5.49. The lowest BCUT2D eigenvalue weighted by Gasteiger charge is -2.12. The van der Waals surface area contributed by atoms with Crippen molar-refractivity contribution in [1.29, 1.82) is 0 Å². The summed E-state index contributed by atoms with van der Waals surface area (Å²) in [6.07, 6.45) is -1.00. The van der Waals surface area contributed by atoms with E-state index in [1.54, 1.807) is 0 Å². The summed E-state index contributed by atoms with van der Waals surface area (Å²) in [5, 5.41) is 28.5. The van der Waals surface area contributed by atoms with Gasteiger partial charge in [-0.2, -0.15) is 0 Å². The molecule has 8 nitrogen and oxygen atoms in total. The van der Waals surface area contributed by atoms with Gasteiger partial charge in [-0.25, -0.2) is 15.0 Å². The lowest BCUT2D eigenvalue weighted by atomic mass is 10.1. The zero-order chi connectivity index (χ0) is 12.7. The Kier molecular flexibility index (Phi) is 2.71. The van der Waals surface area contributed by atoms with E-state index in [1.807, 2.05) is 0 Å². The fourth-order valence-corrected chi connectivity index (χ4v) is 2.00. The number of H-pyrrole nitrogens is 1. The highest BCUT2D eigenvalue weighted by Crippen LogP contribution is 2.31. The number of hydrogen-bond acceptors (Lipinski definition) is 7. The van der Waals surface area contributed by atoms with E-state index in [4.69, 9.17) is 9.84 Å². The molecule has 0 aliphatic carbocycles. The second-order valence-corrected chi connectivity index (χ2v) is 4.13. The molecule has 4 atom stereocenters. The van der Waals surface area contributed by atoms with Crippen molar-refractivity contribution in [3.63, 3.8) is 0 Å². The van der Waals surface area contributed by atoms with Crippen LogP contribution in [0.2, 0.25) is 0 Å². The van der Waals surface area contributed by atoms with Crippen molar-refractivity contribution in [2.24, 2.45) is 0 Å². The van der Waals surface area contributed by atoms with Crippen molar-refractivity contribution in [2.45, 2.75) is 24.4 Å². The number of nitrogens with zero attached hydrogens (tertiary/aromatic N) is 3. The molecule has 0 radical (unpaired) electrons. The maximum Gasteiger partial charge on any atom is 0.180 e. The average molecular weight is 252 g/mol. The van der Waals surface area contributed by atoms with Crippen LogP contribution in [-0.2, 0) is 4.74 Å². The monoisotopic (exact) mass is 252 g/mol. The van der Waals surface area contributed by atoms with Crippen LogP contribution in [0, 0.1) is 0 Å². The van der Waals surface area contributed by atoms with Crippen LogP contribution in [-0.4, -0.2) is 60.2 Å². The number of hydrogen-bond donors (Lipinski definition) is 4. The van der Waals surface area contributed by atoms with Crippen LogP contribution in [0.3, 0.4) is 0 Å². The quantitative estimate of drug-likeness (QED) is 0.513. The Balaban J connectivity index is 1.94. The molecule has 96 valence electrons. The minimum absolute atomic E-state index is 0.233. The highest BCUT2D eigenvalue weighted by atomic mass is 16.6. The number of ether oxygens (including phenoxy) is 1. The van der Waals surface area contributed by atoms with E-state index in [0.717, 1.165) is 0 Å². The first-order chi connectivity index (χ1) is 8.70. The molecular weight excluding hydrogens is 240 g/mol. The van der Waals surface area contributed by atoms with Gasteiger partial charge in [0, 0.05) is 0 Å². The molecule has 0 aromatic carbocycles. The highest BCUT2D eigenvalue weighted by Gasteiger charge is 2.44. The van der Waals surface area contributed by atoms with Crippen LogP contribution in [0.1, 0.15) is 11.9 Å². The van der Waals surface area contributed by atoms with Crippen molar-refractivity contribution in [2.75, 3.05) is 6.61 Å². The van der Waals surface area contributed by atoms with Gasteiger partial charge >= 0.3 is 0 Å². The summed E-state index contributed by atoms with van der Waals surface area (Å²) in [4.78, 5) is 15.0. The molecule has 1 unspecified atom stereocenters. The number of aromatic nitrogens is 4. The van der Waals surface area contributed by atoms with E-state index >= 15 is 0 Å². The van der Waals surface area contributed by atoms with Crippen molar-refractivity contribution in [3.8, 4) is 0 Å². The molecule has 2 aromatic heterocycles. The molecule has 0 saturated carbocycles. The van der Waals surface area contributed by atoms with Crippen molar-refractivity contribution in [1.82, 2.24) is 19.9 Å². The molecule has 1 saturated heterocycles. The molecule has 8 heteroatoms. The highest BCUT2D eigenvalue weighted by molar-refractivity contribution is 5.68. The summed E-state index contributed by atoms with van der Waals surface area (Å²) in [7, 11) is 0. The topological polar surface area (TPSA) is 124 Å². The molecule has 4 N–H and O–H groups in total. The van der Waals surface area contributed by atoms with Gasteiger partial charge in [0.15, 0.2) is 11.5 Å². The van der Waals surface area contributed by atoms with Crippen molar-refractivity contribution >= 4 is 11.2 Å². The van der Waals surface area contributed by atoms with Gasteiger partial charge in [-0.1, -0.05) is 0 Å². The molecular formula is C10H12N4O4. The number of imidazole rings is 1. The van der Waals surface area contributed by atoms with Crippen LogP contribution >= 0.6 is 0 Å². The van der Waals surface area contributed by atoms with E-state index in [1.165, 1.54) is 12.5 Å². The zero-order valence-electron chi connectivity index (χ0n) is 9.26. The average Bonchev–Trinajstić information content (AvgIpc) is 2.95. The predicted molar refractivity (Wildman–Crippen MR) is 58.4 cm³/mol. The number of aromatic amines is 1. The second-order valence-electron chi connectivity index (χ2n) is 4.13. The fraction of sp³-hybridized carbons (Fsp3) is 0.500. The van der Waals surface area contributed by atoms with Gasteiger partial charge in [-0.05, 0) is 0 Å². The minimum Gasteiger partial charge on any atom is -0.394 e. The molecule has 3 rings (SSSR count). The molecule has 0 bridgehead atoms. The molecule has 1 aliphatic heterocycles. The third-order valence-corrected chi connectivity index (χ3v) is 2.99. The van der Waals surface area contributed by atoms with Gasteiger partial charge in [0.1, 0.15) is 29.9 Å². The third kappa shape index (κ3) is 1.66.